The minimum absolute atomic E-state index is 0.102. The molecule has 0 saturated carbocycles. The van der Waals surface area contributed by atoms with Crippen LogP contribution in [0.2, 0.25) is 0 Å². The molecule has 0 aliphatic rings. The number of ether oxygens (including phenoxy) is 1. The smallest absolute Gasteiger partial charge is 0.223 e. The Bertz CT molecular complexity index is 371. The molecule has 0 spiro atoms. The molecule has 0 saturated heterocycles. The number of carbonyl (C=O) groups is 1. The molecule has 2 N–H and O–H groups in total. The van der Waals surface area contributed by atoms with Gasteiger partial charge in [0.2, 0.25) is 5.91 Å². The molecule has 5 heteroatoms. The maximum Gasteiger partial charge on any atom is 0.223 e. The predicted molar refractivity (Wildman–Crippen MR) is 61.2 cm³/mol. The molecule has 17 heavy (non-hydrogen) atoms. The number of nitrogens with one attached hydrogen (secondary N) is 1. The highest BCUT2D eigenvalue weighted by atomic mass is 19.1. The van der Waals surface area contributed by atoms with E-state index in [0.29, 0.717) is 0 Å². The van der Waals surface area contributed by atoms with Crippen LogP contribution in [-0.2, 0) is 4.79 Å². The van der Waals surface area contributed by atoms with Gasteiger partial charge in [-0.25, -0.2) is 4.39 Å². The molecule has 0 unspecified atom stereocenters. The van der Waals surface area contributed by atoms with Crippen molar-refractivity contribution in [2.75, 3.05) is 13.2 Å². The molecule has 4 nitrogen and oxygen atoms in total. The lowest BCUT2D eigenvalue weighted by atomic mass is 10.3. The van der Waals surface area contributed by atoms with Crippen molar-refractivity contribution in [1.82, 2.24) is 5.32 Å². The Kier molecular flexibility index (Phi) is 5.42. The standard InChI is InChI=1S/C12H16FNO3/c1-9(8-15)14-12(16)6-7-17-11-5-3-2-4-10(11)13/h2-5,9,15H,6-8H2,1H3,(H,14,16)/t9-/m1/s1. The Morgan fingerprint density at radius 3 is 2.88 bits per heavy atom. The van der Waals surface area contributed by atoms with E-state index in [-0.39, 0.29) is 37.3 Å². The number of halogens is 1. The van der Waals surface area contributed by atoms with Crippen molar-refractivity contribution < 1.29 is 19.0 Å². The molecule has 0 heterocycles. The van der Waals surface area contributed by atoms with E-state index >= 15 is 0 Å². The maximum absolute atomic E-state index is 13.1. The number of hydrogen-bond donors (Lipinski definition) is 2. The summed E-state index contributed by atoms with van der Waals surface area (Å²) in [5, 5.41) is 11.3. The van der Waals surface area contributed by atoms with E-state index in [4.69, 9.17) is 9.84 Å². The van der Waals surface area contributed by atoms with Gasteiger partial charge in [-0.15, -0.1) is 0 Å². The van der Waals surface area contributed by atoms with Gasteiger partial charge < -0.3 is 15.2 Å². The Morgan fingerprint density at radius 2 is 2.24 bits per heavy atom. The zero-order chi connectivity index (χ0) is 12.7. The summed E-state index contributed by atoms with van der Waals surface area (Å²) in [6, 6.07) is 5.74. The molecule has 1 aromatic carbocycles. The molecule has 0 aromatic heterocycles. The lowest BCUT2D eigenvalue weighted by molar-refractivity contribution is -0.122. The quantitative estimate of drug-likeness (QED) is 0.784. The van der Waals surface area contributed by atoms with E-state index < -0.39 is 5.82 Å². The van der Waals surface area contributed by atoms with E-state index in [1.807, 2.05) is 0 Å². The van der Waals surface area contributed by atoms with Crippen molar-refractivity contribution in [2.45, 2.75) is 19.4 Å². The average molecular weight is 241 g/mol. The van der Waals surface area contributed by atoms with Gasteiger partial charge in [0.1, 0.15) is 0 Å². The second-order valence-corrected chi connectivity index (χ2v) is 3.68. The molecular weight excluding hydrogens is 225 g/mol. The zero-order valence-electron chi connectivity index (χ0n) is 9.65. The highest BCUT2D eigenvalue weighted by Crippen LogP contribution is 2.15. The fourth-order valence-corrected chi connectivity index (χ4v) is 1.21. The van der Waals surface area contributed by atoms with Crippen LogP contribution in [0.3, 0.4) is 0 Å². The highest BCUT2D eigenvalue weighted by Gasteiger charge is 2.07. The van der Waals surface area contributed by atoms with Crippen molar-refractivity contribution in [1.29, 1.82) is 0 Å². The lowest BCUT2D eigenvalue weighted by Crippen LogP contribution is -2.35. The van der Waals surface area contributed by atoms with E-state index in [1.165, 1.54) is 12.1 Å². The van der Waals surface area contributed by atoms with Crippen LogP contribution < -0.4 is 10.1 Å². The average Bonchev–Trinajstić information content (AvgIpc) is 2.31. The molecule has 1 aromatic rings. The summed E-state index contributed by atoms with van der Waals surface area (Å²) in [5.74, 6) is -0.546. The molecule has 1 amide bonds. The fourth-order valence-electron chi connectivity index (χ4n) is 1.21. The van der Waals surface area contributed by atoms with Crippen LogP contribution in [0.4, 0.5) is 4.39 Å². The van der Waals surface area contributed by atoms with Gasteiger partial charge in [-0.3, -0.25) is 4.79 Å². The first kappa shape index (κ1) is 13.4. The largest absolute Gasteiger partial charge is 0.490 e. The van der Waals surface area contributed by atoms with Crippen molar-refractivity contribution in [3.8, 4) is 5.75 Å². The molecular formula is C12H16FNO3. The van der Waals surface area contributed by atoms with Crippen LogP contribution in [0.15, 0.2) is 24.3 Å². The van der Waals surface area contributed by atoms with Crippen LogP contribution in [-0.4, -0.2) is 30.3 Å². The Balaban J connectivity index is 2.29. The molecule has 0 radical (unpaired) electrons. The number of para-hydroxylation sites is 1. The van der Waals surface area contributed by atoms with Crippen LogP contribution in [0, 0.1) is 5.82 Å². The molecule has 1 rings (SSSR count). The zero-order valence-corrected chi connectivity index (χ0v) is 9.65. The third kappa shape index (κ3) is 4.82. The van der Waals surface area contributed by atoms with E-state index in [0.717, 1.165) is 0 Å². The van der Waals surface area contributed by atoms with Gasteiger partial charge in [0.05, 0.1) is 19.6 Å². The molecule has 1 atom stereocenters. The van der Waals surface area contributed by atoms with Crippen molar-refractivity contribution in [3.63, 3.8) is 0 Å². The van der Waals surface area contributed by atoms with Crippen LogP contribution >= 0.6 is 0 Å². The fraction of sp³-hybridized carbons (Fsp3) is 0.417. The van der Waals surface area contributed by atoms with Gasteiger partial charge in [0.25, 0.3) is 0 Å². The second kappa shape index (κ2) is 6.85. The summed E-state index contributed by atoms with van der Waals surface area (Å²) < 4.78 is 18.2. The second-order valence-electron chi connectivity index (χ2n) is 3.68. The minimum Gasteiger partial charge on any atom is -0.490 e. The van der Waals surface area contributed by atoms with Gasteiger partial charge in [-0.05, 0) is 19.1 Å². The van der Waals surface area contributed by atoms with Gasteiger partial charge in [0.15, 0.2) is 11.6 Å². The SMILES string of the molecule is C[C@H](CO)NC(=O)CCOc1ccccc1F. The highest BCUT2D eigenvalue weighted by molar-refractivity contribution is 5.76. The van der Waals surface area contributed by atoms with E-state index in [1.54, 1.807) is 19.1 Å². The number of carbonyl (C=O) groups excluding carboxylic acids is 1. The third-order valence-electron chi connectivity index (χ3n) is 2.10. The van der Waals surface area contributed by atoms with E-state index in [9.17, 15) is 9.18 Å². The lowest BCUT2D eigenvalue weighted by Gasteiger charge is -2.11. The number of aliphatic hydroxyl groups excluding tert-OH is 1. The van der Waals surface area contributed by atoms with Gasteiger partial charge in [0, 0.05) is 6.04 Å². The van der Waals surface area contributed by atoms with Crippen molar-refractivity contribution >= 4 is 5.91 Å². The first-order chi connectivity index (χ1) is 8.13. The molecule has 0 bridgehead atoms. The first-order valence-corrected chi connectivity index (χ1v) is 5.41. The normalized spacial score (nSPS) is 11.9. The number of amides is 1. The molecule has 0 aliphatic heterocycles. The monoisotopic (exact) mass is 241 g/mol. The van der Waals surface area contributed by atoms with Crippen molar-refractivity contribution in [3.05, 3.63) is 30.1 Å². The van der Waals surface area contributed by atoms with Crippen LogP contribution in [0.1, 0.15) is 13.3 Å². The number of rotatable bonds is 6. The van der Waals surface area contributed by atoms with Crippen LogP contribution in [0.25, 0.3) is 0 Å². The number of hydrogen-bond acceptors (Lipinski definition) is 3. The van der Waals surface area contributed by atoms with E-state index in [2.05, 4.69) is 5.32 Å². The van der Waals surface area contributed by atoms with Gasteiger partial charge in [-0.2, -0.15) is 0 Å². The Hall–Kier alpha value is -1.62. The summed E-state index contributed by atoms with van der Waals surface area (Å²) in [6.45, 7) is 1.68. The Labute approximate surface area is 99.4 Å². The van der Waals surface area contributed by atoms with Gasteiger partial charge in [-0.1, -0.05) is 12.1 Å². The predicted octanol–water partition coefficient (Wildman–Crippen LogP) is 1.09. The summed E-state index contributed by atoms with van der Waals surface area (Å²) >= 11 is 0. The molecule has 94 valence electrons. The molecule has 0 fully saturated rings. The Morgan fingerprint density at radius 1 is 1.53 bits per heavy atom. The van der Waals surface area contributed by atoms with Crippen molar-refractivity contribution in [2.24, 2.45) is 0 Å². The number of aliphatic hydroxyl groups is 1. The first-order valence-electron chi connectivity index (χ1n) is 5.41. The molecule has 0 aliphatic carbocycles. The third-order valence-corrected chi connectivity index (χ3v) is 2.10. The maximum atomic E-state index is 13.1. The summed E-state index contributed by atoms with van der Waals surface area (Å²) in [7, 11) is 0. The summed E-state index contributed by atoms with van der Waals surface area (Å²) in [5.41, 5.74) is 0. The minimum atomic E-state index is -0.448. The number of benzene rings is 1. The summed E-state index contributed by atoms with van der Waals surface area (Å²) in [4.78, 5) is 11.3. The van der Waals surface area contributed by atoms with Gasteiger partial charge >= 0.3 is 0 Å². The summed E-state index contributed by atoms with van der Waals surface area (Å²) in [6.07, 6.45) is 0.124. The van der Waals surface area contributed by atoms with Crippen LogP contribution in [0.5, 0.6) is 5.75 Å². The topological polar surface area (TPSA) is 58.6 Å².